The quantitative estimate of drug-likeness (QED) is 0.603. The van der Waals surface area contributed by atoms with E-state index in [1.54, 1.807) is 45.9 Å². The van der Waals surface area contributed by atoms with Gasteiger partial charge in [0, 0.05) is 43.3 Å². The van der Waals surface area contributed by atoms with Gasteiger partial charge in [0.25, 0.3) is 5.91 Å². The highest BCUT2D eigenvalue weighted by molar-refractivity contribution is 7.89. The summed E-state index contributed by atoms with van der Waals surface area (Å²) in [5.41, 5.74) is 4.74. The van der Waals surface area contributed by atoms with Gasteiger partial charge in [0.05, 0.1) is 4.90 Å². The zero-order valence-electron chi connectivity index (χ0n) is 17.8. The fraction of sp³-hybridized carbons (Fsp3) is 0.280. The van der Waals surface area contributed by atoms with E-state index in [1.165, 1.54) is 0 Å². The number of anilines is 1. The van der Waals surface area contributed by atoms with Gasteiger partial charge in [-0.3, -0.25) is 9.78 Å². The number of pyridine rings is 1. The van der Waals surface area contributed by atoms with Gasteiger partial charge in [0.15, 0.2) is 0 Å². The van der Waals surface area contributed by atoms with E-state index < -0.39 is 10.0 Å². The van der Waals surface area contributed by atoms with Crippen molar-refractivity contribution in [2.24, 2.45) is 0 Å². The average Bonchev–Trinajstić information content (AvgIpc) is 3.28. The zero-order chi connectivity index (χ0) is 22.1. The lowest BCUT2D eigenvalue weighted by Crippen LogP contribution is -2.35. The number of piperidine rings is 1. The van der Waals surface area contributed by atoms with Crippen LogP contribution in [0, 0.1) is 0 Å². The molecular formula is C25H25N3O3S. The molecule has 6 nitrogen and oxygen atoms in total. The second-order valence-corrected chi connectivity index (χ2v) is 10.2. The molecule has 0 aliphatic carbocycles. The van der Waals surface area contributed by atoms with Crippen LogP contribution < -0.4 is 4.90 Å². The van der Waals surface area contributed by atoms with Gasteiger partial charge < -0.3 is 4.90 Å². The molecule has 2 aromatic carbocycles. The number of amides is 1. The molecule has 0 bridgehead atoms. The van der Waals surface area contributed by atoms with Gasteiger partial charge >= 0.3 is 0 Å². The number of nitrogens with zero attached hydrogens (tertiary/aromatic N) is 3. The Morgan fingerprint density at radius 3 is 2.25 bits per heavy atom. The lowest BCUT2D eigenvalue weighted by Gasteiger charge is -2.26. The van der Waals surface area contributed by atoms with E-state index in [1.807, 2.05) is 24.3 Å². The third kappa shape index (κ3) is 3.82. The summed E-state index contributed by atoms with van der Waals surface area (Å²) >= 11 is 0. The summed E-state index contributed by atoms with van der Waals surface area (Å²) in [5.74, 6) is -0.109. The lowest BCUT2D eigenvalue weighted by atomic mass is 10.0. The maximum Gasteiger partial charge on any atom is 0.258 e. The van der Waals surface area contributed by atoms with Crippen molar-refractivity contribution in [1.82, 2.24) is 9.29 Å². The van der Waals surface area contributed by atoms with Crippen LogP contribution in [0.2, 0.25) is 0 Å². The molecule has 7 heteroatoms. The third-order valence-corrected chi connectivity index (χ3v) is 8.20. The summed E-state index contributed by atoms with van der Waals surface area (Å²) in [5, 5.41) is 0. The number of sulfonamides is 1. The molecule has 0 atom stereocenters. The molecule has 1 amide bonds. The highest BCUT2D eigenvalue weighted by atomic mass is 32.2. The van der Waals surface area contributed by atoms with E-state index in [-0.39, 0.29) is 10.8 Å². The molecule has 1 aromatic heterocycles. The number of aromatic nitrogens is 1. The van der Waals surface area contributed by atoms with Gasteiger partial charge in [0.1, 0.15) is 0 Å². The van der Waals surface area contributed by atoms with Crippen molar-refractivity contribution in [3.05, 3.63) is 78.1 Å². The smallest absolute Gasteiger partial charge is 0.258 e. The van der Waals surface area contributed by atoms with Crippen molar-refractivity contribution in [2.45, 2.75) is 30.6 Å². The Hall–Kier alpha value is -3.03. The van der Waals surface area contributed by atoms with Gasteiger partial charge in [-0.1, -0.05) is 12.5 Å². The average molecular weight is 448 g/mol. The van der Waals surface area contributed by atoms with Crippen molar-refractivity contribution >= 4 is 21.6 Å². The maximum absolute atomic E-state index is 13.2. The summed E-state index contributed by atoms with van der Waals surface area (Å²) in [6, 6.07) is 16.5. The van der Waals surface area contributed by atoms with Gasteiger partial charge in [-0.05, 0) is 84.5 Å². The van der Waals surface area contributed by atoms with Gasteiger partial charge in [-0.25, -0.2) is 8.42 Å². The molecule has 0 spiro atoms. The van der Waals surface area contributed by atoms with Crippen molar-refractivity contribution in [3.63, 3.8) is 0 Å². The number of rotatable bonds is 4. The number of fused-ring (bicyclic) bond motifs is 1. The van der Waals surface area contributed by atoms with Crippen LogP contribution in [0.5, 0.6) is 0 Å². The summed E-state index contributed by atoms with van der Waals surface area (Å²) < 4.78 is 27.3. The van der Waals surface area contributed by atoms with E-state index in [0.717, 1.165) is 48.1 Å². The van der Waals surface area contributed by atoms with Crippen molar-refractivity contribution in [2.75, 3.05) is 24.5 Å². The SMILES string of the molecule is O=C(c1ccc(S(=O)(=O)N2CCCCC2)cc1)N1CCc2cc(-c3ccncc3)ccc21. The second-order valence-electron chi connectivity index (χ2n) is 8.28. The Labute approximate surface area is 188 Å². The van der Waals surface area contributed by atoms with Gasteiger partial charge in [-0.2, -0.15) is 4.31 Å². The maximum atomic E-state index is 13.2. The fourth-order valence-electron chi connectivity index (χ4n) is 4.52. The van der Waals surface area contributed by atoms with Crippen LogP contribution in [-0.4, -0.2) is 43.2 Å². The van der Waals surface area contributed by atoms with Crippen LogP contribution in [0.1, 0.15) is 35.2 Å². The minimum atomic E-state index is -3.50. The molecule has 3 heterocycles. The molecule has 2 aliphatic heterocycles. The van der Waals surface area contributed by atoms with E-state index in [0.29, 0.717) is 25.2 Å². The Kier molecular flexibility index (Phi) is 5.53. The lowest BCUT2D eigenvalue weighted by molar-refractivity contribution is 0.0989. The number of hydrogen-bond acceptors (Lipinski definition) is 4. The fourth-order valence-corrected chi connectivity index (χ4v) is 6.03. The molecule has 164 valence electrons. The first-order valence-corrected chi connectivity index (χ1v) is 12.4. The van der Waals surface area contributed by atoms with Crippen molar-refractivity contribution in [3.8, 4) is 11.1 Å². The van der Waals surface area contributed by atoms with E-state index >= 15 is 0 Å². The van der Waals surface area contributed by atoms with Gasteiger partial charge in [-0.15, -0.1) is 0 Å². The highest BCUT2D eigenvalue weighted by Gasteiger charge is 2.28. The largest absolute Gasteiger partial charge is 0.308 e. The highest BCUT2D eigenvalue weighted by Crippen LogP contribution is 2.33. The molecular weight excluding hydrogens is 422 g/mol. The summed E-state index contributed by atoms with van der Waals surface area (Å²) in [6.45, 7) is 1.74. The minimum absolute atomic E-state index is 0.109. The first-order valence-electron chi connectivity index (χ1n) is 11.0. The van der Waals surface area contributed by atoms with E-state index in [9.17, 15) is 13.2 Å². The van der Waals surface area contributed by atoms with Gasteiger partial charge in [0.2, 0.25) is 10.0 Å². The molecule has 0 N–H and O–H groups in total. The molecule has 1 saturated heterocycles. The first-order chi connectivity index (χ1) is 15.5. The topological polar surface area (TPSA) is 70.6 Å². The van der Waals surface area contributed by atoms with Crippen LogP contribution in [0.4, 0.5) is 5.69 Å². The molecule has 5 rings (SSSR count). The molecule has 2 aliphatic rings. The Balaban J connectivity index is 1.36. The number of carbonyl (C=O) groups excluding carboxylic acids is 1. The van der Waals surface area contributed by atoms with Crippen LogP contribution in [0.15, 0.2) is 71.9 Å². The van der Waals surface area contributed by atoms with Crippen LogP contribution in [0.3, 0.4) is 0 Å². The van der Waals surface area contributed by atoms with Crippen LogP contribution in [0.25, 0.3) is 11.1 Å². The molecule has 0 saturated carbocycles. The second kappa shape index (κ2) is 8.48. The predicted molar refractivity (Wildman–Crippen MR) is 124 cm³/mol. The van der Waals surface area contributed by atoms with Crippen molar-refractivity contribution in [1.29, 1.82) is 0 Å². The Bertz CT molecular complexity index is 1240. The summed E-state index contributed by atoms with van der Waals surface area (Å²) in [4.78, 5) is 19.3. The van der Waals surface area contributed by atoms with E-state index in [4.69, 9.17) is 0 Å². The van der Waals surface area contributed by atoms with Crippen LogP contribution >= 0.6 is 0 Å². The number of benzene rings is 2. The molecule has 1 fully saturated rings. The number of carbonyl (C=O) groups is 1. The minimum Gasteiger partial charge on any atom is -0.308 e. The summed E-state index contributed by atoms with van der Waals surface area (Å²) in [7, 11) is -3.50. The third-order valence-electron chi connectivity index (χ3n) is 6.29. The van der Waals surface area contributed by atoms with E-state index in [2.05, 4.69) is 11.1 Å². The van der Waals surface area contributed by atoms with Crippen molar-refractivity contribution < 1.29 is 13.2 Å². The monoisotopic (exact) mass is 447 g/mol. The molecule has 3 aromatic rings. The Morgan fingerprint density at radius 2 is 1.53 bits per heavy atom. The molecule has 32 heavy (non-hydrogen) atoms. The standard InChI is InChI=1S/C25H25N3O3S/c29-25(20-4-7-23(8-5-20)32(30,31)27-15-2-1-3-16-27)28-17-12-22-18-21(6-9-24(22)28)19-10-13-26-14-11-19/h4-11,13-14,18H,1-3,12,15-17H2. The number of hydrogen-bond donors (Lipinski definition) is 0. The molecule has 0 radical (unpaired) electrons. The molecule has 0 unspecified atom stereocenters. The zero-order valence-corrected chi connectivity index (χ0v) is 18.6. The normalized spacial score (nSPS) is 16.7. The van der Waals surface area contributed by atoms with Crippen LogP contribution in [-0.2, 0) is 16.4 Å². The first kappa shape index (κ1) is 20.8. The Morgan fingerprint density at radius 1 is 0.812 bits per heavy atom. The summed E-state index contributed by atoms with van der Waals surface area (Å²) in [6.07, 6.45) is 7.20. The predicted octanol–water partition coefficient (Wildman–Crippen LogP) is 4.13.